The van der Waals surface area contributed by atoms with Crippen LogP contribution in [0.25, 0.3) is 11.1 Å². The highest BCUT2D eigenvalue weighted by molar-refractivity contribution is 5.65. The van der Waals surface area contributed by atoms with Gasteiger partial charge in [0, 0.05) is 5.92 Å². The van der Waals surface area contributed by atoms with Gasteiger partial charge in [0.25, 0.3) is 0 Å². The topological polar surface area (TPSA) is 0 Å². The van der Waals surface area contributed by atoms with Crippen molar-refractivity contribution in [3.8, 4) is 11.1 Å². The molecule has 2 aromatic carbocycles. The molecule has 2 aromatic rings. The van der Waals surface area contributed by atoms with Crippen LogP contribution in [0.1, 0.15) is 24.0 Å². The maximum absolute atomic E-state index is 2.36. The molecule has 20 heavy (non-hydrogen) atoms. The van der Waals surface area contributed by atoms with Crippen molar-refractivity contribution in [3.63, 3.8) is 0 Å². The van der Waals surface area contributed by atoms with E-state index in [2.05, 4.69) is 86.7 Å². The average molecular weight is 260 g/mol. The molecule has 2 unspecified atom stereocenters. The summed E-state index contributed by atoms with van der Waals surface area (Å²) < 4.78 is 0. The van der Waals surface area contributed by atoms with Crippen molar-refractivity contribution in [2.75, 3.05) is 0 Å². The summed E-state index contributed by atoms with van der Waals surface area (Å²) in [5.74, 6) is 1.05. The van der Waals surface area contributed by atoms with Gasteiger partial charge in [0.1, 0.15) is 0 Å². The molecule has 0 amide bonds. The monoisotopic (exact) mass is 260 g/mol. The van der Waals surface area contributed by atoms with Crippen LogP contribution in [0.3, 0.4) is 0 Å². The van der Waals surface area contributed by atoms with E-state index in [0.29, 0.717) is 11.8 Å². The molecule has 0 N–H and O–H groups in total. The minimum Gasteiger partial charge on any atom is -0.0808 e. The highest BCUT2D eigenvalue weighted by Crippen LogP contribution is 2.34. The smallest absolute Gasteiger partial charge is 0.00842 e. The first-order chi connectivity index (χ1) is 9.75. The summed E-state index contributed by atoms with van der Waals surface area (Å²) in [7, 11) is 0. The van der Waals surface area contributed by atoms with Gasteiger partial charge in [0.05, 0.1) is 0 Å². The SMILES string of the molecule is Cc1ccc(-c2ccccc2)cc1C1C=CC=CC1C. The Hall–Kier alpha value is -2.08. The van der Waals surface area contributed by atoms with Gasteiger partial charge in [-0.05, 0) is 35.1 Å². The van der Waals surface area contributed by atoms with Crippen molar-refractivity contribution in [2.45, 2.75) is 19.8 Å². The van der Waals surface area contributed by atoms with Gasteiger partial charge in [-0.15, -0.1) is 0 Å². The fourth-order valence-corrected chi connectivity index (χ4v) is 2.91. The Morgan fingerprint density at radius 2 is 1.55 bits per heavy atom. The minimum absolute atomic E-state index is 0.490. The zero-order valence-electron chi connectivity index (χ0n) is 12.1. The fourth-order valence-electron chi connectivity index (χ4n) is 2.91. The maximum atomic E-state index is 2.36. The summed E-state index contributed by atoms with van der Waals surface area (Å²) in [6, 6.07) is 17.4. The van der Waals surface area contributed by atoms with E-state index in [9.17, 15) is 0 Å². The van der Waals surface area contributed by atoms with Crippen molar-refractivity contribution in [1.82, 2.24) is 0 Å². The first kappa shape index (κ1) is 12.9. The summed E-state index contributed by atoms with van der Waals surface area (Å²) in [5, 5.41) is 0. The Kier molecular flexibility index (Phi) is 3.56. The van der Waals surface area contributed by atoms with E-state index in [1.165, 1.54) is 22.3 Å². The van der Waals surface area contributed by atoms with E-state index in [1.807, 2.05) is 0 Å². The van der Waals surface area contributed by atoms with Crippen LogP contribution in [0.5, 0.6) is 0 Å². The summed E-state index contributed by atoms with van der Waals surface area (Å²) in [6.07, 6.45) is 8.93. The van der Waals surface area contributed by atoms with Gasteiger partial charge in [0.15, 0.2) is 0 Å². The lowest BCUT2D eigenvalue weighted by atomic mass is 9.81. The second-order valence-electron chi connectivity index (χ2n) is 5.59. The van der Waals surface area contributed by atoms with E-state index in [0.717, 1.165) is 0 Å². The summed E-state index contributed by atoms with van der Waals surface area (Å²) >= 11 is 0. The largest absolute Gasteiger partial charge is 0.0808 e. The molecule has 0 bridgehead atoms. The number of hydrogen-bond donors (Lipinski definition) is 0. The lowest BCUT2D eigenvalue weighted by molar-refractivity contribution is 0.632. The van der Waals surface area contributed by atoms with E-state index < -0.39 is 0 Å². The maximum Gasteiger partial charge on any atom is 0.00842 e. The fraction of sp³-hybridized carbons (Fsp3) is 0.200. The number of aryl methyl sites for hydroxylation is 1. The van der Waals surface area contributed by atoms with Crippen molar-refractivity contribution < 1.29 is 0 Å². The molecule has 1 aliphatic rings. The van der Waals surface area contributed by atoms with Crippen molar-refractivity contribution in [3.05, 3.63) is 84.0 Å². The minimum atomic E-state index is 0.490. The Bertz CT molecular complexity index is 647. The average Bonchev–Trinajstić information content (AvgIpc) is 2.49. The molecular formula is C20H20. The Balaban J connectivity index is 2.04. The van der Waals surface area contributed by atoms with E-state index >= 15 is 0 Å². The van der Waals surface area contributed by atoms with Crippen molar-refractivity contribution in [1.29, 1.82) is 0 Å². The molecule has 0 heterocycles. The molecule has 0 aromatic heterocycles. The van der Waals surface area contributed by atoms with Crippen LogP contribution in [0.15, 0.2) is 72.8 Å². The molecule has 0 spiro atoms. The number of rotatable bonds is 2. The van der Waals surface area contributed by atoms with Crippen LogP contribution in [0.4, 0.5) is 0 Å². The van der Waals surface area contributed by atoms with Crippen molar-refractivity contribution in [2.24, 2.45) is 5.92 Å². The first-order valence-electron chi connectivity index (χ1n) is 7.26. The number of benzene rings is 2. The number of hydrogen-bond acceptors (Lipinski definition) is 0. The van der Waals surface area contributed by atoms with Crippen LogP contribution >= 0.6 is 0 Å². The molecule has 0 aliphatic heterocycles. The van der Waals surface area contributed by atoms with Gasteiger partial charge in [-0.3, -0.25) is 0 Å². The van der Waals surface area contributed by atoms with Gasteiger partial charge in [-0.25, -0.2) is 0 Å². The zero-order valence-corrected chi connectivity index (χ0v) is 12.1. The Labute approximate surface area is 121 Å². The molecule has 0 heteroatoms. The molecule has 100 valence electrons. The van der Waals surface area contributed by atoms with Crippen LogP contribution in [-0.2, 0) is 0 Å². The van der Waals surface area contributed by atoms with E-state index in [1.54, 1.807) is 0 Å². The highest BCUT2D eigenvalue weighted by atomic mass is 14.2. The molecule has 0 fully saturated rings. The molecule has 0 nitrogen and oxygen atoms in total. The van der Waals surface area contributed by atoms with E-state index in [4.69, 9.17) is 0 Å². The highest BCUT2D eigenvalue weighted by Gasteiger charge is 2.18. The van der Waals surface area contributed by atoms with Gasteiger partial charge >= 0.3 is 0 Å². The lowest BCUT2D eigenvalue weighted by Gasteiger charge is -2.23. The third kappa shape index (κ3) is 2.46. The molecule has 0 radical (unpaired) electrons. The van der Waals surface area contributed by atoms with Crippen LogP contribution in [0.2, 0.25) is 0 Å². The predicted molar refractivity (Wildman–Crippen MR) is 86.8 cm³/mol. The Morgan fingerprint density at radius 3 is 2.30 bits per heavy atom. The third-order valence-corrected chi connectivity index (χ3v) is 4.16. The Morgan fingerprint density at radius 1 is 0.800 bits per heavy atom. The quantitative estimate of drug-likeness (QED) is 0.668. The van der Waals surface area contributed by atoms with Crippen LogP contribution in [0, 0.1) is 12.8 Å². The van der Waals surface area contributed by atoms with E-state index in [-0.39, 0.29) is 0 Å². The van der Waals surface area contributed by atoms with Gasteiger partial charge in [-0.1, -0.05) is 79.8 Å². The van der Waals surface area contributed by atoms with Gasteiger partial charge < -0.3 is 0 Å². The third-order valence-electron chi connectivity index (χ3n) is 4.16. The molecule has 1 aliphatic carbocycles. The molecule has 3 rings (SSSR count). The molecule has 2 atom stereocenters. The van der Waals surface area contributed by atoms with Crippen molar-refractivity contribution >= 4 is 0 Å². The first-order valence-corrected chi connectivity index (χ1v) is 7.26. The molecule has 0 saturated carbocycles. The summed E-state index contributed by atoms with van der Waals surface area (Å²) in [6.45, 7) is 4.50. The zero-order chi connectivity index (χ0) is 13.9. The normalized spacial score (nSPS) is 21.1. The van der Waals surface area contributed by atoms with Crippen LogP contribution in [-0.4, -0.2) is 0 Å². The summed E-state index contributed by atoms with van der Waals surface area (Å²) in [5.41, 5.74) is 5.42. The second kappa shape index (κ2) is 5.50. The summed E-state index contributed by atoms with van der Waals surface area (Å²) in [4.78, 5) is 0. The van der Waals surface area contributed by atoms with Crippen LogP contribution < -0.4 is 0 Å². The predicted octanol–water partition coefficient (Wildman–Crippen LogP) is 5.51. The molecule has 0 saturated heterocycles. The second-order valence-corrected chi connectivity index (χ2v) is 5.59. The molecular weight excluding hydrogens is 240 g/mol. The van der Waals surface area contributed by atoms with Gasteiger partial charge in [0.2, 0.25) is 0 Å². The number of allylic oxidation sites excluding steroid dienone is 4. The van der Waals surface area contributed by atoms with Gasteiger partial charge in [-0.2, -0.15) is 0 Å². The lowest BCUT2D eigenvalue weighted by Crippen LogP contribution is -2.09. The standard InChI is InChI=1S/C20H20/c1-15-8-6-7-11-19(15)20-14-18(13-12-16(20)2)17-9-4-3-5-10-17/h3-15,19H,1-2H3.